The Labute approximate surface area is 121 Å². The first-order valence-electron chi connectivity index (χ1n) is 6.16. The monoisotopic (exact) mass is 452 g/mol. The van der Waals surface area contributed by atoms with Crippen LogP contribution in [0.25, 0.3) is 0 Å². The fraction of sp³-hybridized carbons (Fsp3) is 0.250. The van der Waals surface area contributed by atoms with Gasteiger partial charge in [0.15, 0.2) is 0 Å². The van der Waals surface area contributed by atoms with Crippen LogP contribution in [-0.4, -0.2) is 25.0 Å². The van der Waals surface area contributed by atoms with Crippen LogP contribution in [0.3, 0.4) is 0 Å². The van der Waals surface area contributed by atoms with Crippen molar-refractivity contribution < 1.29 is 0 Å². The van der Waals surface area contributed by atoms with Gasteiger partial charge in [-0.05, 0) is 0 Å². The van der Waals surface area contributed by atoms with Crippen LogP contribution in [0.4, 0.5) is 0 Å². The summed E-state index contributed by atoms with van der Waals surface area (Å²) in [6.45, 7) is 6.98. The van der Waals surface area contributed by atoms with E-state index in [9.17, 15) is 0 Å². The molecule has 0 saturated heterocycles. The summed E-state index contributed by atoms with van der Waals surface area (Å²) in [5.41, 5.74) is 0. The van der Waals surface area contributed by atoms with Crippen molar-refractivity contribution in [3.05, 3.63) is 60.7 Å². The van der Waals surface area contributed by atoms with Gasteiger partial charge in [0, 0.05) is 0 Å². The molecule has 2 heteroatoms. The van der Waals surface area contributed by atoms with E-state index in [4.69, 9.17) is 0 Å². The molecule has 0 nitrogen and oxygen atoms in total. The molecule has 0 radical (unpaired) electrons. The molecule has 2 aromatic carbocycles. The van der Waals surface area contributed by atoms with Gasteiger partial charge in [0.2, 0.25) is 0 Å². The SMILES string of the molecule is CC(C)(C)[S][Bi]([c]1ccccc1)[c]1ccccc1. The van der Waals surface area contributed by atoms with Crippen LogP contribution in [0.5, 0.6) is 0 Å². The molecule has 94 valence electrons. The summed E-state index contributed by atoms with van der Waals surface area (Å²) in [4.78, 5) is 0. The first-order chi connectivity index (χ1) is 8.56. The average Bonchev–Trinajstić information content (AvgIpc) is 2.37. The Morgan fingerprint density at radius 2 is 1.11 bits per heavy atom. The molecular formula is C16H19BiS. The van der Waals surface area contributed by atoms with Crippen LogP contribution >= 0.6 is 8.52 Å². The minimum absolute atomic E-state index is 0.337. The zero-order valence-electron chi connectivity index (χ0n) is 11.1. The summed E-state index contributed by atoms with van der Waals surface area (Å²) >= 11 is -1.89. The van der Waals surface area contributed by atoms with E-state index in [1.807, 2.05) is 0 Å². The van der Waals surface area contributed by atoms with E-state index in [1.54, 1.807) is 6.54 Å². The van der Waals surface area contributed by atoms with Gasteiger partial charge in [-0.25, -0.2) is 0 Å². The van der Waals surface area contributed by atoms with E-state index in [1.165, 1.54) is 0 Å². The van der Waals surface area contributed by atoms with Crippen LogP contribution in [0, 0.1) is 0 Å². The molecule has 0 spiro atoms. The molecule has 0 fully saturated rings. The second-order valence-corrected chi connectivity index (χ2v) is 18.2. The predicted molar refractivity (Wildman–Crippen MR) is 85.3 cm³/mol. The van der Waals surface area contributed by atoms with E-state index in [0.717, 1.165) is 0 Å². The Kier molecular flexibility index (Phi) is 4.86. The topological polar surface area (TPSA) is 0 Å². The van der Waals surface area contributed by atoms with Crippen LogP contribution in [0.15, 0.2) is 60.7 Å². The molecule has 0 heterocycles. The maximum absolute atomic E-state index is 2.33. The average molecular weight is 452 g/mol. The van der Waals surface area contributed by atoms with Crippen molar-refractivity contribution in [2.75, 3.05) is 0 Å². The Morgan fingerprint density at radius 1 is 0.722 bits per heavy atom. The molecule has 0 amide bonds. The van der Waals surface area contributed by atoms with Crippen molar-refractivity contribution in [1.29, 1.82) is 0 Å². The zero-order chi connectivity index (χ0) is 13.0. The van der Waals surface area contributed by atoms with Crippen molar-refractivity contribution in [3.63, 3.8) is 0 Å². The van der Waals surface area contributed by atoms with E-state index >= 15 is 0 Å². The number of hydrogen-bond donors (Lipinski definition) is 0. The summed E-state index contributed by atoms with van der Waals surface area (Å²) in [5, 5.41) is 0. The molecule has 18 heavy (non-hydrogen) atoms. The molecule has 2 rings (SSSR count). The number of hydrogen-bond acceptors (Lipinski definition) is 1. The van der Waals surface area contributed by atoms with E-state index < -0.39 is 20.3 Å². The first kappa shape index (κ1) is 14.1. The van der Waals surface area contributed by atoms with Gasteiger partial charge in [-0.2, -0.15) is 0 Å². The summed E-state index contributed by atoms with van der Waals surface area (Å²) < 4.78 is 3.50. The molecule has 0 aliphatic carbocycles. The van der Waals surface area contributed by atoms with E-state index in [2.05, 4.69) is 90.0 Å². The third-order valence-electron chi connectivity index (χ3n) is 2.35. The fourth-order valence-corrected chi connectivity index (χ4v) is 18.0. The van der Waals surface area contributed by atoms with Gasteiger partial charge in [0.25, 0.3) is 0 Å². The molecule has 0 aliphatic rings. The van der Waals surface area contributed by atoms with Gasteiger partial charge in [0.05, 0.1) is 0 Å². The Hall–Kier alpha value is -0.327. The molecule has 0 bridgehead atoms. The van der Waals surface area contributed by atoms with Crippen molar-refractivity contribution in [3.8, 4) is 0 Å². The van der Waals surface area contributed by atoms with Crippen molar-refractivity contribution in [2.24, 2.45) is 0 Å². The van der Waals surface area contributed by atoms with Gasteiger partial charge >= 0.3 is 122 Å². The van der Waals surface area contributed by atoms with Crippen LogP contribution in [0.2, 0.25) is 0 Å². The molecule has 0 aliphatic heterocycles. The predicted octanol–water partition coefficient (Wildman–Crippen LogP) is 3.32. The van der Waals surface area contributed by atoms with Gasteiger partial charge in [-0.1, -0.05) is 0 Å². The van der Waals surface area contributed by atoms with Gasteiger partial charge in [0.1, 0.15) is 0 Å². The number of benzene rings is 2. The normalized spacial score (nSPS) is 11.8. The van der Waals surface area contributed by atoms with Crippen LogP contribution in [-0.2, 0) is 0 Å². The summed E-state index contributed by atoms with van der Waals surface area (Å²) in [7, 11) is 2.21. The Morgan fingerprint density at radius 3 is 1.44 bits per heavy atom. The minimum atomic E-state index is -1.89. The Balaban J connectivity index is 2.36. The molecule has 0 unspecified atom stereocenters. The van der Waals surface area contributed by atoms with Crippen molar-refractivity contribution >= 4 is 35.3 Å². The Bertz CT molecular complexity index is 434. The van der Waals surface area contributed by atoms with Crippen molar-refractivity contribution in [2.45, 2.75) is 25.5 Å². The molecular weight excluding hydrogens is 433 g/mol. The quantitative estimate of drug-likeness (QED) is 0.645. The van der Waals surface area contributed by atoms with Crippen molar-refractivity contribution in [1.82, 2.24) is 0 Å². The van der Waals surface area contributed by atoms with Gasteiger partial charge < -0.3 is 0 Å². The second kappa shape index (κ2) is 6.21. The van der Waals surface area contributed by atoms with Gasteiger partial charge in [-0.15, -0.1) is 0 Å². The summed E-state index contributed by atoms with van der Waals surface area (Å²) in [5.74, 6) is 0. The first-order valence-corrected chi connectivity index (χ1v) is 14.7. The fourth-order valence-electron chi connectivity index (χ4n) is 1.66. The van der Waals surface area contributed by atoms with Crippen LogP contribution < -0.4 is 6.54 Å². The van der Waals surface area contributed by atoms with E-state index in [0.29, 0.717) is 4.75 Å². The number of rotatable bonds is 3. The second-order valence-electron chi connectivity index (χ2n) is 5.17. The van der Waals surface area contributed by atoms with Crippen LogP contribution in [0.1, 0.15) is 20.8 Å². The molecule has 0 N–H and O–H groups in total. The maximum atomic E-state index is 2.33. The van der Waals surface area contributed by atoms with E-state index in [-0.39, 0.29) is 0 Å². The summed E-state index contributed by atoms with van der Waals surface area (Å²) in [6, 6.07) is 22.1. The molecule has 0 aromatic heterocycles. The third kappa shape index (κ3) is 4.10. The van der Waals surface area contributed by atoms with Gasteiger partial charge in [-0.3, -0.25) is 0 Å². The standard InChI is InChI=1S/2C6H5.C4H10S.Bi/c2*1-2-4-6-5-3-1;1-4(2,3)5;/h2*1-5H;5H,1-3H3;/q;;;+1/p-1. The summed E-state index contributed by atoms with van der Waals surface area (Å²) in [6.07, 6.45) is 0. The molecule has 2 aromatic rings. The molecule has 0 saturated carbocycles. The zero-order valence-corrected chi connectivity index (χ0v) is 15.4. The molecule has 0 atom stereocenters. The third-order valence-corrected chi connectivity index (χ3v) is 21.3.